The van der Waals surface area contributed by atoms with Gasteiger partial charge in [-0.3, -0.25) is 4.98 Å². The first-order valence-corrected chi connectivity index (χ1v) is 10.0. The van der Waals surface area contributed by atoms with Gasteiger partial charge < -0.3 is 0 Å². The molecule has 1 heterocycles. The van der Waals surface area contributed by atoms with Crippen LogP contribution in [0.4, 0.5) is 0 Å². The van der Waals surface area contributed by atoms with Crippen molar-refractivity contribution in [1.82, 2.24) is 4.98 Å². The van der Waals surface area contributed by atoms with Crippen molar-refractivity contribution in [3.05, 3.63) is 89.1 Å². The van der Waals surface area contributed by atoms with E-state index in [4.69, 9.17) is 4.98 Å². The molecule has 0 aliphatic rings. The fourth-order valence-corrected chi connectivity index (χ4v) is 4.12. The molecule has 0 spiro atoms. The van der Waals surface area contributed by atoms with E-state index in [9.17, 15) is 0 Å². The maximum atomic E-state index is 4.75. The summed E-state index contributed by atoms with van der Waals surface area (Å²) in [6.45, 7) is 11.0. The summed E-state index contributed by atoms with van der Waals surface area (Å²) in [5.74, 6) is 0.527. The second-order valence-corrected chi connectivity index (χ2v) is 8.09. The Bertz CT molecular complexity index is 1150. The normalized spacial score (nSPS) is 11.4. The number of fused-ring (bicyclic) bond motifs is 1. The van der Waals surface area contributed by atoms with Crippen molar-refractivity contribution in [1.29, 1.82) is 0 Å². The first kappa shape index (κ1) is 18.4. The van der Waals surface area contributed by atoms with Gasteiger partial charge in [-0.15, -0.1) is 0 Å². The SMILES string of the molecule is Cc1cc(-c2c(C)cccc2C)ccc1-c1nccc2cc(C(C)C)ccc12. The fourth-order valence-electron chi connectivity index (χ4n) is 4.12. The minimum absolute atomic E-state index is 0.527. The van der Waals surface area contributed by atoms with E-state index in [2.05, 4.69) is 95.3 Å². The van der Waals surface area contributed by atoms with Gasteiger partial charge in [0.05, 0.1) is 5.69 Å². The fraction of sp³-hybridized carbons (Fsp3) is 0.222. The predicted octanol–water partition coefficient (Wildman–Crippen LogP) is 7.62. The molecule has 0 amide bonds. The molecule has 0 radical (unpaired) electrons. The van der Waals surface area contributed by atoms with Gasteiger partial charge in [-0.25, -0.2) is 0 Å². The minimum atomic E-state index is 0.527. The summed E-state index contributed by atoms with van der Waals surface area (Å²) >= 11 is 0. The second kappa shape index (κ2) is 7.24. The van der Waals surface area contributed by atoms with Crippen molar-refractivity contribution in [3.8, 4) is 22.4 Å². The highest BCUT2D eigenvalue weighted by atomic mass is 14.7. The Labute approximate surface area is 168 Å². The van der Waals surface area contributed by atoms with Crippen molar-refractivity contribution in [3.63, 3.8) is 0 Å². The number of aryl methyl sites for hydroxylation is 3. The molecular formula is C27H27N. The van der Waals surface area contributed by atoms with Gasteiger partial charge >= 0.3 is 0 Å². The smallest absolute Gasteiger partial charge is 0.0782 e. The van der Waals surface area contributed by atoms with Crippen LogP contribution in [0, 0.1) is 20.8 Å². The molecule has 0 bridgehead atoms. The van der Waals surface area contributed by atoms with Gasteiger partial charge in [0.2, 0.25) is 0 Å². The Balaban J connectivity index is 1.85. The number of aromatic nitrogens is 1. The van der Waals surface area contributed by atoms with E-state index in [-0.39, 0.29) is 0 Å². The molecule has 0 aliphatic heterocycles. The van der Waals surface area contributed by atoms with E-state index in [1.54, 1.807) is 0 Å². The zero-order chi connectivity index (χ0) is 19.8. The molecule has 140 valence electrons. The molecule has 0 unspecified atom stereocenters. The number of hydrogen-bond acceptors (Lipinski definition) is 1. The predicted molar refractivity (Wildman–Crippen MR) is 121 cm³/mol. The lowest BCUT2D eigenvalue weighted by Crippen LogP contribution is -1.93. The van der Waals surface area contributed by atoms with E-state index in [0.717, 1.165) is 5.69 Å². The molecule has 1 heteroatoms. The summed E-state index contributed by atoms with van der Waals surface area (Å²) in [7, 11) is 0. The number of benzene rings is 3. The summed E-state index contributed by atoms with van der Waals surface area (Å²) < 4.78 is 0. The third-order valence-electron chi connectivity index (χ3n) is 5.71. The van der Waals surface area contributed by atoms with E-state index < -0.39 is 0 Å². The third-order valence-corrected chi connectivity index (χ3v) is 5.71. The lowest BCUT2D eigenvalue weighted by atomic mass is 9.91. The van der Waals surface area contributed by atoms with Crippen LogP contribution in [-0.4, -0.2) is 4.98 Å². The summed E-state index contributed by atoms with van der Waals surface area (Å²) in [6, 6.07) is 22.1. The molecule has 4 rings (SSSR count). The van der Waals surface area contributed by atoms with Crippen molar-refractivity contribution in [2.45, 2.75) is 40.5 Å². The highest BCUT2D eigenvalue weighted by Gasteiger charge is 2.12. The minimum Gasteiger partial charge on any atom is -0.256 e. The van der Waals surface area contributed by atoms with Crippen LogP contribution in [0.5, 0.6) is 0 Å². The maximum Gasteiger partial charge on any atom is 0.0782 e. The maximum absolute atomic E-state index is 4.75. The van der Waals surface area contributed by atoms with Crippen LogP contribution in [0.25, 0.3) is 33.2 Å². The Kier molecular flexibility index (Phi) is 4.77. The molecule has 0 saturated carbocycles. The van der Waals surface area contributed by atoms with E-state index in [1.807, 2.05) is 6.20 Å². The lowest BCUT2D eigenvalue weighted by Gasteiger charge is -2.14. The molecule has 0 saturated heterocycles. The lowest BCUT2D eigenvalue weighted by molar-refractivity contribution is 0.869. The second-order valence-electron chi connectivity index (χ2n) is 8.09. The first-order valence-electron chi connectivity index (χ1n) is 10.0. The van der Waals surface area contributed by atoms with Crippen LogP contribution in [0.3, 0.4) is 0 Å². The van der Waals surface area contributed by atoms with Gasteiger partial charge in [0.15, 0.2) is 0 Å². The molecule has 3 aromatic carbocycles. The van der Waals surface area contributed by atoms with Gasteiger partial charge in [0, 0.05) is 17.1 Å². The summed E-state index contributed by atoms with van der Waals surface area (Å²) in [5, 5.41) is 2.48. The van der Waals surface area contributed by atoms with Crippen molar-refractivity contribution >= 4 is 10.8 Å². The molecule has 0 fully saturated rings. The van der Waals surface area contributed by atoms with Crippen LogP contribution in [0.15, 0.2) is 66.9 Å². The van der Waals surface area contributed by atoms with Crippen molar-refractivity contribution in [2.75, 3.05) is 0 Å². The van der Waals surface area contributed by atoms with Crippen LogP contribution < -0.4 is 0 Å². The quantitative estimate of drug-likeness (QED) is 0.364. The van der Waals surface area contributed by atoms with Gasteiger partial charge in [-0.05, 0) is 71.5 Å². The molecule has 0 atom stereocenters. The first-order chi connectivity index (χ1) is 13.5. The monoisotopic (exact) mass is 365 g/mol. The summed E-state index contributed by atoms with van der Waals surface area (Å²) in [5.41, 5.74) is 10.1. The molecule has 28 heavy (non-hydrogen) atoms. The number of rotatable bonds is 3. The van der Waals surface area contributed by atoms with E-state index in [1.165, 1.54) is 49.7 Å². The molecule has 1 nitrogen and oxygen atoms in total. The number of nitrogens with zero attached hydrogens (tertiary/aromatic N) is 1. The largest absolute Gasteiger partial charge is 0.256 e. The average Bonchev–Trinajstić information content (AvgIpc) is 2.67. The van der Waals surface area contributed by atoms with Gasteiger partial charge in [0.1, 0.15) is 0 Å². The third kappa shape index (κ3) is 3.22. The topological polar surface area (TPSA) is 12.9 Å². The summed E-state index contributed by atoms with van der Waals surface area (Å²) in [4.78, 5) is 4.75. The Morgan fingerprint density at radius 3 is 2.18 bits per heavy atom. The Hall–Kier alpha value is -2.93. The molecule has 4 aromatic rings. The van der Waals surface area contributed by atoms with Crippen LogP contribution in [0.2, 0.25) is 0 Å². The highest BCUT2D eigenvalue weighted by molar-refractivity contribution is 5.96. The molecule has 1 aromatic heterocycles. The molecule has 0 aliphatic carbocycles. The standard InChI is InChI=1S/C27H27N/c1-17(2)21-9-12-25-22(16-21)13-14-28-27(25)24-11-10-23(15-20(24)5)26-18(3)7-6-8-19(26)4/h6-17H,1-5H3. The zero-order valence-corrected chi connectivity index (χ0v) is 17.4. The van der Waals surface area contributed by atoms with E-state index in [0.29, 0.717) is 5.92 Å². The van der Waals surface area contributed by atoms with E-state index >= 15 is 0 Å². The van der Waals surface area contributed by atoms with Crippen molar-refractivity contribution in [2.24, 2.45) is 0 Å². The van der Waals surface area contributed by atoms with Crippen LogP contribution in [-0.2, 0) is 0 Å². The Morgan fingerprint density at radius 2 is 1.50 bits per heavy atom. The van der Waals surface area contributed by atoms with Crippen molar-refractivity contribution < 1.29 is 0 Å². The number of hydrogen-bond donors (Lipinski definition) is 0. The molecular weight excluding hydrogens is 338 g/mol. The summed E-state index contributed by atoms with van der Waals surface area (Å²) in [6.07, 6.45) is 1.93. The van der Waals surface area contributed by atoms with Gasteiger partial charge in [0.25, 0.3) is 0 Å². The highest BCUT2D eigenvalue weighted by Crippen LogP contribution is 2.34. The Morgan fingerprint density at radius 1 is 0.750 bits per heavy atom. The average molecular weight is 366 g/mol. The van der Waals surface area contributed by atoms with Gasteiger partial charge in [-0.1, -0.05) is 68.4 Å². The van der Waals surface area contributed by atoms with Crippen LogP contribution in [0.1, 0.15) is 42.0 Å². The molecule has 0 N–H and O–H groups in total. The zero-order valence-electron chi connectivity index (χ0n) is 17.4. The number of pyridine rings is 1. The van der Waals surface area contributed by atoms with Gasteiger partial charge in [-0.2, -0.15) is 0 Å². The van der Waals surface area contributed by atoms with Crippen LogP contribution >= 0.6 is 0 Å².